The molecule has 0 aliphatic heterocycles. The van der Waals surface area contributed by atoms with E-state index < -0.39 is 0 Å². The highest BCUT2D eigenvalue weighted by Gasteiger charge is 2.14. The predicted octanol–water partition coefficient (Wildman–Crippen LogP) is 4.06. The van der Waals surface area contributed by atoms with Crippen molar-refractivity contribution in [3.8, 4) is 17.1 Å². The first-order chi connectivity index (χ1) is 15.6. The lowest BCUT2D eigenvalue weighted by molar-refractivity contribution is 0.0953. The van der Waals surface area contributed by atoms with Gasteiger partial charge in [0.05, 0.1) is 24.6 Å². The molecule has 32 heavy (non-hydrogen) atoms. The summed E-state index contributed by atoms with van der Waals surface area (Å²) in [6.45, 7) is 3.36. The highest BCUT2D eigenvalue weighted by molar-refractivity contribution is 9.10. The lowest BCUT2D eigenvalue weighted by Crippen LogP contribution is -2.24. The fraction of sp³-hybridized carbons (Fsp3) is 0.261. The standard InChI is InChI=1S/C23H24BrN7O/c1-2-21-28-22(17-8-10-19(24)11-9-17)31(29-21)20-7-5-6-18(16-20)23(32)25-12-3-4-15-30-26-13-14-27-30/h5-11,13-14,16H,2-4,12,15H2,1H3,(H,25,32). The minimum atomic E-state index is -0.106. The second-order valence-electron chi connectivity index (χ2n) is 7.26. The molecule has 1 amide bonds. The van der Waals surface area contributed by atoms with E-state index in [4.69, 9.17) is 4.98 Å². The number of benzene rings is 2. The number of halogens is 1. The van der Waals surface area contributed by atoms with Gasteiger partial charge in [-0.1, -0.05) is 41.1 Å². The largest absolute Gasteiger partial charge is 0.352 e. The van der Waals surface area contributed by atoms with E-state index in [1.54, 1.807) is 21.9 Å². The predicted molar refractivity (Wildman–Crippen MR) is 125 cm³/mol. The molecule has 2 heterocycles. The normalized spacial score (nSPS) is 10.9. The quantitative estimate of drug-likeness (QED) is 0.355. The Morgan fingerprint density at radius 3 is 2.59 bits per heavy atom. The first-order valence-electron chi connectivity index (χ1n) is 10.6. The Hall–Kier alpha value is -3.33. The Balaban J connectivity index is 1.46. The summed E-state index contributed by atoms with van der Waals surface area (Å²) in [5.41, 5.74) is 2.35. The number of aryl methyl sites for hydroxylation is 2. The Morgan fingerprint density at radius 2 is 1.84 bits per heavy atom. The lowest BCUT2D eigenvalue weighted by atomic mass is 10.1. The van der Waals surface area contributed by atoms with E-state index in [2.05, 4.69) is 36.5 Å². The molecule has 9 heteroatoms. The van der Waals surface area contributed by atoms with Crippen LogP contribution in [0.15, 0.2) is 65.4 Å². The summed E-state index contributed by atoms with van der Waals surface area (Å²) < 4.78 is 2.80. The molecule has 1 N–H and O–H groups in total. The summed E-state index contributed by atoms with van der Waals surface area (Å²) in [5.74, 6) is 1.40. The summed E-state index contributed by atoms with van der Waals surface area (Å²) in [7, 11) is 0. The molecular formula is C23H24BrN7O. The third-order valence-electron chi connectivity index (χ3n) is 4.96. The highest BCUT2D eigenvalue weighted by atomic mass is 79.9. The minimum Gasteiger partial charge on any atom is -0.352 e. The summed E-state index contributed by atoms with van der Waals surface area (Å²) >= 11 is 3.47. The van der Waals surface area contributed by atoms with Gasteiger partial charge in [0.1, 0.15) is 0 Å². The van der Waals surface area contributed by atoms with Crippen molar-refractivity contribution in [2.45, 2.75) is 32.7 Å². The van der Waals surface area contributed by atoms with E-state index in [1.807, 2.05) is 55.5 Å². The summed E-state index contributed by atoms with van der Waals surface area (Å²) in [6, 6.07) is 15.4. The molecule has 164 valence electrons. The molecule has 8 nitrogen and oxygen atoms in total. The molecular weight excluding hydrogens is 470 g/mol. The Kier molecular flexibility index (Phi) is 7.06. The SMILES string of the molecule is CCc1nc(-c2ccc(Br)cc2)n(-c2cccc(C(=O)NCCCCn3nccn3)c2)n1. The third-order valence-corrected chi connectivity index (χ3v) is 5.49. The number of unbranched alkanes of at least 4 members (excludes halogenated alkanes) is 1. The zero-order valence-electron chi connectivity index (χ0n) is 17.8. The maximum Gasteiger partial charge on any atom is 0.251 e. The first-order valence-corrected chi connectivity index (χ1v) is 11.4. The van der Waals surface area contributed by atoms with Gasteiger partial charge in [0.15, 0.2) is 11.6 Å². The van der Waals surface area contributed by atoms with Crippen LogP contribution in [-0.2, 0) is 13.0 Å². The summed E-state index contributed by atoms with van der Waals surface area (Å²) in [5, 5.41) is 15.8. The van der Waals surface area contributed by atoms with Crippen LogP contribution in [0.25, 0.3) is 17.1 Å². The van der Waals surface area contributed by atoms with Crippen LogP contribution in [0.3, 0.4) is 0 Å². The fourth-order valence-corrected chi connectivity index (χ4v) is 3.55. The zero-order valence-corrected chi connectivity index (χ0v) is 19.4. The lowest BCUT2D eigenvalue weighted by Gasteiger charge is -2.09. The molecule has 0 saturated heterocycles. The molecule has 0 unspecified atom stereocenters. The van der Waals surface area contributed by atoms with Gasteiger partial charge in [-0.15, -0.1) is 0 Å². The third kappa shape index (κ3) is 5.28. The summed E-state index contributed by atoms with van der Waals surface area (Å²) in [4.78, 5) is 19.0. The van der Waals surface area contributed by atoms with E-state index in [0.717, 1.165) is 53.2 Å². The van der Waals surface area contributed by atoms with Gasteiger partial charge in [-0.05, 0) is 43.2 Å². The Labute approximate surface area is 194 Å². The second kappa shape index (κ2) is 10.3. The summed E-state index contributed by atoms with van der Waals surface area (Å²) in [6.07, 6.45) is 5.80. The number of rotatable bonds is 9. The maximum absolute atomic E-state index is 12.7. The molecule has 4 aromatic rings. The molecule has 2 aromatic carbocycles. The number of nitrogens with zero attached hydrogens (tertiary/aromatic N) is 6. The number of aromatic nitrogens is 6. The zero-order chi connectivity index (χ0) is 22.3. The highest BCUT2D eigenvalue weighted by Crippen LogP contribution is 2.24. The van der Waals surface area contributed by atoms with E-state index in [0.29, 0.717) is 12.1 Å². The average molecular weight is 494 g/mol. The van der Waals surface area contributed by atoms with Gasteiger partial charge in [0.25, 0.3) is 5.91 Å². The van der Waals surface area contributed by atoms with Crippen molar-refractivity contribution < 1.29 is 4.79 Å². The van der Waals surface area contributed by atoms with Gasteiger partial charge in [0, 0.05) is 28.6 Å². The van der Waals surface area contributed by atoms with Crippen LogP contribution in [0.5, 0.6) is 0 Å². The molecule has 0 atom stereocenters. The van der Waals surface area contributed by atoms with Crippen LogP contribution in [0.2, 0.25) is 0 Å². The van der Waals surface area contributed by atoms with E-state index in [-0.39, 0.29) is 5.91 Å². The number of nitrogens with one attached hydrogen (secondary N) is 1. The maximum atomic E-state index is 12.7. The number of hydrogen-bond acceptors (Lipinski definition) is 5. The molecule has 0 aliphatic rings. The number of carbonyl (C=O) groups excluding carboxylic acids is 1. The molecule has 2 aromatic heterocycles. The van der Waals surface area contributed by atoms with Crippen molar-refractivity contribution in [3.63, 3.8) is 0 Å². The topological polar surface area (TPSA) is 90.5 Å². The van der Waals surface area contributed by atoms with Crippen LogP contribution in [0, 0.1) is 0 Å². The van der Waals surface area contributed by atoms with Gasteiger partial charge in [0.2, 0.25) is 0 Å². The van der Waals surface area contributed by atoms with Gasteiger partial charge in [-0.2, -0.15) is 20.1 Å². The molecule has 0 bridgehead atoms. The molecule has 0 radical (unpaired) electrons. The van der Waals surface area contributed by atoms with Gasteiger partial charge in [-0.3, -0.25) is 4.79 Å². The number of amides is 1. The number of hydrogen-bond donors (Lipinski definition) is 1. The van der Waals surface area contributed by atoms with Crippen LogP contribution in [0.4, 0.5) is 0 Å². The molecule has 0 fully saturated rings. The second-order valence-corrected chi connectivity index (χ2v) is 8.18. The minimum absolute atomic E-state index is 0.106. The van der Waals surface area contributed by atoms with Crippen molar-refractivity contribution in [1.82, 2.24) is 35.1 Å². The van der Waals surface area contributed by atoms with Crippen LogP contribution >= 0.6 is 15.9 Å². The van der Waals surface area contributed by atoms with Crippen LogP contribution in [-0.4, -0.2) is 42.2 Å². The van der Waals surface area contributed by atoms with Crippen LogP contribution < -0.4 is 5.32 Å². The average Bonchev–Trinajstić information content (AvgIpc) is 3.49. The van der Waals surface area contributed by atoms with Crippen molar-refractivity contribution in [2.75, 3.05) is 6.54 Å². The molecule has 0 spiro atoms. The van der Waals surface area contributed by atoms with Gasteiger partial charge >= 0.3 is 0 Å². The smallest absolute Gasteiger partial charge is 0.251 e. The van der Waals surface area contributed by atoms with Crippen LogP contribution in [0.1, 0.15) is 35.9 Å². The molecule has 0 saturated carbocycles. The van der Waals surface area contributed by atoms with Gasteiger partial charge in [-0.25, -0.2) is 9.67 Å². The fourth-order valence-electron chi connectivity index (χ4n) is 3.29. The number of carbonyl (C=O) groups is 1. The van der Waals surface area contributed by atoms with Crippen molar-refractivity contribution >= 4 is 21.8 Å². The van der Waals surface area contributed by atoms with E-state index >= 15 is 0 Å². The van der Waals surface area contributed by atoms with Crippen molar-refractivity contribution in [1.29, 1.82) is 0 Å². The first kappa shape index (κ1) is 21.9. The van der Waals surface area contributed by atoms with Crippen molar-refractivity contribution in [3.05, 3.63) is 76.8 Å². The van der Waals surface area contributed by atoms with Gasteiger partial charge < -0.3 is 5.32 Å². The van der Waals surface area contributed by atoms with E-state index in [1.165, 1.54) is 0 Å². The Morgan fingerprint density at radius 1 is 1.06 bits per heavy atom. The monoisotopic (exact) mass is 493 g/mol. The Bertz CT molecular complexity index is 1170. The van der Waals surface area contributed by atoms with E-state index in [9.17, 15) is 4.79 Å². The molecule has 0 aliphatic carbocycles. The molecule has 4 rings (SSSR count). The van der Waals surface area contributed by atoms with Crippen molar-refractivity contribution in [2.24, 2.45) is 0 Å².